The van der Waals surface area contributed by atoms with Crippen LogP contribution in [0.25, 0.3) is 0 Å². The van der Waals surface area contributed by atoms with Gasteiger partial charge in [-0.1, -0.05) is 52.4 Å². The van der Waals surface area contributed by atoms with Gasteiger partial charge in [0.2, 0.25) is 0 Å². The molecule has 6 heteroatoms. The maximum Gasteiger partial charge on any atom is 0.474 e. The first-order valence-corrected chi connectivity index (χ1v) is 10.8. The quantitative estimate of drug-likeness (QED) is 0.408. The molecule has 0 aliphatic heterocycles. The van der Waals surface area contributed by atoms with E-state index in [4.69, 9.17) is 0 Å². The third kappa shape index (κ3) is 5.21. The first-order chi connectivity index (χ1) is 7.63. The van der Waals surface area contributed by atoms with E-state index >= 15 is 0 Å². The van der Waals surface area contributed by atoms with Crippen molar-refractivity contribution in [2.45, 2.75) is 10.8 Å². The van der Waals surface area contributed by atoms with Crippen LogP contribution in [0.4, 0.5) is 4.79 Å². The summed E-state index contributed by atoms with van der Waals surface area (Å²) in [5, 5.41) is 2.86. The molecule has 1 aromatic rings. The minimum Gasteiger partial charge on any atom is -0.426 e. The maximum absolute atomic E-state index is 11.2. The molecule has 1 unspecified atom stereocenters. The largest absolute Gasteiger partial charge is 0.474 e. The third-order valence-electron chi connectivity index (χ3n) is 2.03. The van der Waals surface area contributed by atoms with Crippen molar-refractivity contribution in [1.82, 2.24) is 9.62 Å². The molecule has 0 aliphatic carbocycles. The number of rotatable bonds is 4. The predicted molar refractivity (Wildman–Crippen MR) is 84.2 cm³/mol. The Balaban J connectivity index is 2.46. The average molecular weight is 457 g/mol. The zero-order chi connectivity index (χ0) is 12.0. The number of nitrogens with one attached hydrogen (secondary N) is 2. The molecule has 0 heterocycles. The van der Waals surface area contributed by atoms with Gasteiger partial charge in [0.25, 0.3) is 6.03 Å². The fourth-order valence-electron chi connectivity index (χ4n) is 1.27. The Kier molecular flexibility index (Phi) is 7.04. The highest BCUT2D eigenvalue weighted by Crippen LogP contribution is 2.22. The Bertz CT molecular complexity index is 362. The van der Waals surface area contributed by atoms with Gasteiger partial charge >= 0.3 is 12.2 Å². The van der Waals surface area contributed by atoms with Crippen molar-refractivity contribution in [1.29, 1.82) is 0 Å². The minimum atomic E-state index is -0.0706. The van der Waals surface area contributed by atoms with Gasteiger partial charge in [-0.2, -0.15) is 20.3 Å². The first-order valence-electron chi connectivity index (χ1n) is 4.80. The molecule has 0 aliphatic rings. The Morgan fingerprint density at radius 2 is 2.31 bits per heavy atom. The molecular weight excluding hydrogens is 445 g/mol. The smallest absolute Gasteiger partial charge is 0.426 e. The topological polar surface area (TPSA) is 41.1 Å². The van der Waals surface area contributed by atoms with Crippen LogP contribution in [0.1, 0.15) is 15.1 Å². The summed E-state index contributed by atoms with van der Waals surface area (Å²) in [5.74, 6) is 0. The van der Waals surface area contributed by atoms with Gasteiger partial charge in [0, 0.05) is 6.54 Å². The van der Waals surface area contributed by atoms with Crippen LogP contribution in [0, 0.1) is 6.92 Å². The first kappa shape index (κ1) is 14.5. The van der Waals surface area contributed by atoms with Gasteiger partial charge in [0.1, 0.15) is 0 Å². The van der Waals surface area contributed by atoms with Crippen molar-refractivity contribution >= 4 is 61.1 Å². The Hall–Kier alpha value is 0.482. The normalized spacial score (nSPS) is 11.7. The Morgan fingerprint density at radius 1 is 1.56 bits per heavy atom. The highest BCUT2D eigenvalue weighted by atomic mass is 127. The number of carbonyl (C=O) groups excluding carboxylic acids is 1. The number of hydrogen-bond acceptors (Lipinski definition) is 1. The zero-order valence-corrected chi connectivity index (χ0v) is 14.3. The predicted octanol–water partition coefficient (Wildman–Crippen LogP) is 2.74. The molecule has 0 fully saturated rings. The van der Waals surface area contributed by atoms with Crippen LogP contribution in [0.15, 0.2) is 24.3 Å². The lowest BCUT2D eigenvalue weighted by atomic mass is 10.1. The van der Waals surface area contributed by atoms with E-state index in [1.54, 1.807) is 0 Å². The Labute approximate surface area is 127 Å². The molecule has 16 heavy (non-hydrogen) atoms. The number of urea groups is 1. The molecule has 1 aromatic carbocycles. The van der Waals surface area contributed by atoms with E-state index in [0.29, 0.717) is 10.5 Å². The van der Waals surface area contributed by atoms with Gasteiger partial charge in [-0.05, 0) is 12.5 Å². The third-order valence-corrected chi connectivity index (χ3v) is 4.50. The van der Waals surface area contributed by atoms with Crippen LogP contribution in [0.2, 0.25) is 0 Å². The van der Waals surface area contributed by atoms with Crippen molar-refractivity contribution < 1.29 is 4.79 Å². The summed E-state index contributed by atoms with van der Waals surface area (Å²) in [7, 11) is 0. The Morgan fingerprint density at radius 3 is 2.94 bits per heavy atom. The van der Waals surface area contributed by atoms with Crippen molar-refractivity contribution in [3.63, 3.8) is 0 Å². The lowest BCUT2D eigenvalue weighted by molar-refractivity contribution is 0.246. The van der Waals surface area contributed by atoms with Crippen LogP contribution in [0.3, 0.4) is 0 Å². The molecular formula is C10H12AlI2N2O. The molecule has 0 bridgehead atoms. The summed E-state index contributed by atoms with van der Waals surface area (Å²) in [6.07, 6.45) is 0. The summed E-state index contributed by atoms with van der Waals surface area (Å²) in [6.45, 7) is 2.73. The summed E-state index contributed by atoms with van der Waals surface area (Å²) >= 11 is 4.52. The molecule has 3 nitrogen and oxygen atoms in total. The van der Waals surface area contributed by atoms with E-state index in [1.165, 1.54) is 11.1 Å². The van der Waals surface area contributed by atoms with Gasteiger partial charge < -0.3 is 9.62 Å². The maximum atomic E-state index is 11.2. The molecule has 2 N–H and O–H groups in total. The van der Waals surface area contributed by atoms with E-state index in [1.807, 2.05) is 6.07 Å². The van der Waals surface area contributed by atoms with Crippen molar-refractivity contribution in [2.75, 3.05) is 6.54 Å². The number of amides is 2. The van der Waals surface area contributed by atoms with Gasteiger partial charge in [-0.3, -0.25) is 4.79 Å². The van der Waals surface area contributed by atoms with Gasteiger partial charge in [0.05, 0.1) is 3.92 Å². The lowest BCUT2D eigenvalue weighted by Gasteiger charge is -2.12. The summed E-state index contributed by atoms with van der Waals surface area (Å²) in [4.78, 5) is 11.2. The summed E-state index contributed by atoms with van der Waals surface area (Å²) in [5.41, 5.74) is 2.50. The average Bonchev–Trinajstić information content (AvgIpc) is 2.26. The fraction of sp³-hybridized carbons (Fsp3) is 0.300. The van der Waals surface area contributed by atoms with Crippen LogP contribution < -0.4 is 9.62 Å². The molecule has 85 valence electrons. The number of hydrogen-bond donors (Lipinski definition) is 2. The number of carbonyl (C=O) groups is 1. The van der Waals surface area contributed by atoms with Crippen LogP contribution >= 0.6 is 42.9 Å². The van der Waals surface area contributed by atoms with E-state index in [0.717, 1.165) is 0 Å². The number of aryl methyl sites for hydroxylation is 1. The van der Waals surface area contributed by atoms with Crippen LogP contribution in [-0.2, 0) is 0 Å². The highest BCUT2D eigenvalue weighted by Gasteiger charge is 2.08. The molecule has 0 spiro atoms. The van der Waals surface area contributed by atoms with E-state index in [2.05, 4.69) is 77.6 Å². The summed E-state index contributed by atoms with van der Waals surface area (Å²) in [6, 6.07) is 8.30. The monoisotopic (exact) mass is 457 g/mol. The minimum absolute atomic E-state index is 0.0153. The second-order valence-corrected chi connectivity index (χ2v) is 7.22. The lowest BCUT2D eigenvalue weighted by Crippen LogP contribution is -2.37. The highest BCUT2D eigenvalue weighted by molar-refractivity contribution is 14.1. The van der Waals surface area contributed by atoms with Gasteiger partial charge in [-0.25, -0.2) is 0 Å². The molecule has 1 rings (SSSR count). The van der Waals surface area contributed by atoms with E-state index < -0.39 is 0 Å². The number of benzene rings is 1. The number of halogens is 2. The summed E-state index contributed by atoms with van der Waals surface area (Å²) < 4.78 is 3.09. The molecule has 1 radical (unpaired) electrons. The van der Waals surface area contributed by atoms with Gasteiger partial charge in [-0.15, -0.1) is 0 Å². The molecule has 0 saturated carbocycles. The number of alkyl halides is 1. The van der Waals surface area contributed by atoms with E-state index in [9.17, 15) is 4.79 Å². The van der Waals surface area contributed by atoms with Crippen LogP contribution in [0.5, 0.6) is 0 Å². The molecule has 0 saturated heterocycles. The molecule has 2 amide bonds. The molecule has 0 aromatic heterocycles. The zero-order valence-electron chi connectivity index (χ0n) is 8.84. The van der Waals surface area contributed by atoms with Crippen molar-refractivity contribution in [2.24, 2.45) is 0 Å². The van der Waals surface area contributed by atoms with Gasteiger partial charge in [0.15, 0.2) is 0 Å². The second-order valence-electron chi connectivity index (χ2n) is 3.35. The van der Waals surface area contributed by atoms with E-state index in [-0.39, 0.29) is 18.2 Å². The van der Waals surface area contributed by atoms with Crippen molar-refractivity contribution in [3.05, 3.63) is 35.4 Å². The van der Waals surface area contributed by atoms with Crippen molar-refractivity contribution in [3.8, 4) is 0 Å². The van der Waals surface area contributed by atoms with Crippen LogP contribution in [-0.4, -0.2) is 24.7 Å². The SMILES string of the molecule is Cc1cccc(C(I)CNC(=O)[NH][Al][I])c1. The fourth-order valence-corrected chi connectivity index (χ4v) is 2.92. The standard InChI is InChI=1S/C10H13IN2O.Al.HI/c1-7-3-2-4-8(5-7)9(11)6-13-10(12)14;;/h2-5,9H,6H2,1H3,(H3,12,13,14);;1H/q;+2;/p-2. The second kappa shape index (κ2) is 7.74. The molecule has 1 atom stereocenters.